The van der Waals surface area contributed by atoms with E-state index in [-0.39, 0.29) is 36.0 Å². The minimum Gasteiger partial charge on any atom is -0.350 e. The molecule has 25 heavy (non-hydrogen) atoms. The van der Waals surface area contributed by atoms with Crippen LogP contribution in [0.5, 0.6) is 0 Å². The molecule has 1 heterocycles. The Bertz CT molecular complexity index is 714. The summed E-state index contributed by atoms with van der Waals surface area (Å²) in [7, 11) is -3.70. The van der Waals surface area contributed by atoms with Crippen LogP contribution >= 0.6 is 0 Å². The predicted octanol–water partition coefficient (Wildman–Crippen LogP) is 1.44. The maximum atomic E-state index is 13.3. The number of piperazine rings is 1. The van der Waals surface area contributed by atoms with E-state index in [1.807, 2.05) is 25.7 Å². The summed E-state index contributed by atoms with van der Waals surface area (Å²) >= 11 is 0. The Kier molecular flexibility index (Phi) is 6.18. The number of nitrogens with zero attached hydrogens (tertiary/aromatic N) is 2. The van der Waals surface area contributed by atoms with Crippen LogP contribution in [-0.4, -0.2) is 61.8 Å². The third kappa shape index (κ3) is 5.23. The van der Waals surface area contributed by atoms with E-state index in [9.17, 15) is 17.6 Å². The van der Waals surface area contributed by atoms with Crippen molar-refractivity contribution in [2.45, 2.75) is 37.6 Å². The first kappa shape index (κ1) is 19.8. The zero-order valence-electron chi connectivity index (χ0n) is 15.0. The Labute approximate surface area is 149 Å². The first-order valence-corrected chi connectivity index (χ1v) is 9.87. The molecule has 0 aliphatic carbocycles. The van der Waals surface area contributed by atoms with Gasteiger partial charge in [-0.3, -0.25) is 9.69 Å². The third-order valence-electron chi connectivity index (χ3n) is 4.49. The maximum Gasteiger partial charge on any atom is 0.243 e. The number of benzene rings is 1. The fraction of sp³-hybridized carbons (Fsp3) is 0.588. The van der Waals surface area contributed by atoms with Gasteiger partial charge in [0.2, 0.25) is 15.9 Å². The highest BCUT2D eigenvalue weighted by atomic mass is 32.2. The fourth-order valence-electron chi connectivity index (χ4n) is 2.61. The monoisotopic (exact) mass is 371 g/mol. The van der Waals surface area contributed by atoms with Gasteiger partial charge in [-0.1, -0.05) is 13.0 Å². The predicted molar refractivity (Wildman–Crippen MR) is 94.1 cm³/mol. The van der Waals surface area contributed by atoms with Crippen molar-refractivity contribution in [2.24, 2.45) is 0 Å². The molecule has 8 heteroatoms. The molecule has 1 aromatic rings. The molecule has 1 aromatic carbocycles. The van der Waals surface area contributed by atoms with E-state index in [0.29, 0.717) is 13.1 Å². The van der Waals surface area contributed by atoms with Gasteiger partial charge in [0.25, 0.3) is 0 Å². The van der Waals surface area contributed by atoms with E-state index in [2.05, 4.69) is 5.32 Å². The number of hydrogen-bond donors (Lipinski definition) is 1. The summed E-state index contributed by atoms with van der Waals surface area (Å²) in [5.74, 6) is -0.636. The second-order valence-electron chi connectivity index (χ2n) is 6.92. The molecule has 1 saturated heterocycles. The second-order valence-corrected chi connectivity index (χ2v) is 8.86. The molecule has 2 rings (SSSR count). The molecule has 140 valence electrons. The summed E-state index contributed by atoms with van der Waals surface area (Å²) in [6.07, 6.45) is 0.832. The first-order valence-electron chi connectivity index (χ1n) is 8.43. The summed E-state index contributed by atoms with van der Waals surface area (Å²) in [6.45, 7) is 7.69. The molecule has 0 saturated carbocycles. The quantitative estimate of drug-likeness (QED) is 0.821. The molecule has 0 unspecified atom stereocenters. The van der Waals surface area contributed by atoms with Crippen molar-refractivity contribution in [1.29, 1.82) is 0 Å². The molecule has 1 N–H and O–H groups in total. The van der Waals surface area contributed by atoms with Crippen LogP contribution in [0.25, 0.3) is 0 Å². The molecule has 0 aromatic heterocycles. The van der Waals surface area contributed by atoms with Crippen molar-refractivity contribution < 1.29 is 17.6 Å². The van der Waals surface area contributed by atoms with Crippen LogP contribution in [0.4, 0.5) is 4.39 Å². The number of carbonyl (C=O) groups is 1. The minimum absolute atomic E-state index is 0.0385. The number of rotatable bonds is 6. The normalized spacial score (nSPS) is 17.4. The summed E-state index contributed by atoms with van der Waals surface area (Å²) < 4.78 is 39.8. The molecule has 0 spiro atoms. The van der Waals surface area contributed by atoms with Gasteiger partial charge in [-0.05, 0) is 38.5 Å². The molecule has 1 aliphatic heterocycles. The second kappa shape index (κ2) is 7.80. The van der Waals surface area contributed by atoms with Crippen molar-refractivity contribution in [1.82, 2.24) is 14.5 Å². The standard InChI is InChI=1S/C17H26FN3O3S/c1-4-17(2,3)19-16(22)13-20-8-10-21(11-9-20)25(23,24)15-7-5-6-14(18)12-15/h5-7,12H,4,8-11,13H2,1-3H3,(H,19,22). The first-order chi connectivity index (χ1) is 11.6. The van der Waals surface area contributed by atoms with Crippen LogP contribution in [-0.2, 0) is 14.8 Å². The van der Waals surface area contributed by atoms with Crippen molar-refractivity contribution >= 4 is 15.9 Å². The van der Waals surface area contributed by atoms with Crippen LogP contribution in [0.3, 0.4) is 0 Å². The van der Waals surface area contributed by atoms with Crippen molar-refractivity contribution in [3.8, 4) is 0 Å². The zero-order chi connectivity index (χ0) is 18.7. The summed E-state index contributed by atoms with van der Waals surface area (Å²) in [4.78, 5) is 14.0. The average molecular weight is 371 g/mol. The SMILES string of the molecule is CCC(C)(C)NC(=O)CN1CCN(S(=O)(=O)c2cccc(F)c2)CC1. The lowest BCUT2D eigenvalue weighted by Crippen LogP contribution is -2.53. The average Bonchev–Trinajstić information content (AvgIpc) is 2.55. The van der Waals surface area contributed by atoms with Crippen molar-refractivity contribution in [2.75, 3.05) is 32.7 Å². The van der Waals surface area contributed by atoms with E-state index in [1.165, 1.54) is 22.5 Å². The van der Waals surface area contributed by atoms with Gasteiger partial charge in [0.1, 0.15) is 5.82 Å². The van der Waals surface area contributed by atoms with Gasteiger partial charge >= 0.3 is 0 Å². The number of carbonyl (C=O) groups excluding carboxylic acids is 1. The van der Waals surface area contributed by atoms with Crippen LogP contribution < -0.4 is 5.32 Å². The Balaban J connectivity index is 1.92. The van der Waals surface area contributed by atoms with Gasteiger partial charge < -0.3 is 5.32 Å². The van der Waals surface area contributed by atoms with Crippen molar-refractivity contribution in [3.63, 3.8) is 0 Å². The molecule has 1 fully saturated rings. The van der Waals surface area contributed by atoms with Gasteiger partial charge in [-0.2, -0.15) is 4.31 Å². The fourth-order valence-corrected chi connectivity index (χ4v) is 4.07. The molecule has 0 radical (unpaired) electrons. The van der Waals surface area contributed by atoms with Gasteiger partial charge in [0.05, 0.1) is 11.4 Å². The smallest absolute Gasteiger partial charge is 0.243 e. The molecule has 1 aliphatic rings. The number of hydrogen-bond acceptors (Lipinski definition) is 4. The Morgan fingerprint density at radius 2 is 1.88 bits per heavy atom. The molecular formula is C17H26FN3O3S. The van der Waals surface area contributed by atoms with Gasteiger partial charge in [0, 0.05) is 31.7 Å². The molecule has 6 nitrogen and oxygen atoms in total. The van der Waals surface area contributed by atoms with Gasteiger partial charge in [0.15, 0.2) is 0 Å². The van der Waals surface area contributed by atoms with Gasteiger partial charge in [-0.25, -0.2) is 12.8 Å². The molecule has 1 amide bonds. The Morgan fingerprint density at radius 1 is 1.24 bits per heavy atom. The topological polar surface area (TPSA) is 69.7 Å². The van der Waals surface area contributed by atoms with E-state index < -0.39 is 15.8 Å². The van der Waals surface area contributed by atoms with Crippen molar-refractivity contribution in [3.05, 3.63) is 30.1 Å². The van der Waals surface area contributed by atoms with E-state index in [0.717, 1.165) is 12.5 Å². The number of nitrogens with one attached hydrogen (secondary N) is 1. The molecule has 0 bridgehead atoms. The summed E-state index contributed by atoms with van der Waals surface area (Å²) in [6, 6.07) is 5.03. The number of halogens is 1. The zero-order valence-corrected chi connectivity index (χ0v) is 15.8. The highest BCUT2D eigenvalue weighted by Gasteiger charge is 2.29. The third-order valence-corrected chi connectivity index (χ3v) is 6.39. The highest BCUT2D eigenvalue weighted by molar-refractivity contribution is 7.89. The molecule has 0 atom stereocenters. The van der Waals surface area contributed by atoms with Crippen LogP contribution in [0, 0.1) is 5.82 Å². The summed E-state index contributed by atoms with van der Waals surface area (Å²) in [5.41, 5.74) is -0.250. The lowest BCUT2D eigenvalue weighted by atomic mass is 10.0. The lowest BCUT2D eigenvalue weighted by Gasteiger charge is -2.34. The molecular weight excluding hydrogens is 345 g/mol. The largest absolute Gasteiger partial charge is 0.350 e. The van der Waals surface area contributed by atoms with E-state index >= 15 is 0 Å². The van der Waals surface area contributed by atoms with E-state index in [4.69, 9.17) is 0 Å². The van der Waals surface area contributed by atoms with Gasteiger partial charge in [-0.15, -0.1) is 0 Å². The lowest BCUT2D eigenvalue weighted by molar-refractivity contribution is -0.124. The Hall–Kier alpha value is -1.51. The number of sulfonamides is 1. The number of amides is 1. The van der Waals surface area contributed by atoms with Crippen LogP contribution in [0.1, 0.15) is 27.2 Å². The van der Waals surface area contributed by atoms with Crippen LogP contribution in [0.15, 0.2) is 29.2 Å². The summed E-state index contributed by atoms with van der Waals surface area (Å²) in [5, 5.41) is 2.97. The van der Waals surface area contributed by atoms with E-state index in [1.54, 1.807) is 0 Å². The highest BCUT2D eigenvalue weighted by Crippen LogP contribution is 2.18. The Morgan fingerprint density at radius 3 is 2.44 bits per heavy atom. The minimum atomic E-state index is -3.70. The van der Waals surface area contributed by atoms with Crippen LogP contribution in [0.2, 0.25) is 0 Å². The maximum absolute atomic E-state index is 13.3.